The van der Waals surface area contributed by atoms with Crippen molar-refractivity contribution >= 4 is 17.5 Å². The molecule has 0 bridgehead atoms. The molecule has 0 atom stereocenters. The Morgan fingerprint density at radius 1 is 1.21 bits per heavy atom. The number of hydrogen-bond acceptors (Lipinski definition) is 2. The monoisotopic (exact) mass is 347 g/mol. The molecule has 0 radical (unpaired) electrons. The van der Waals surface area contributed by atoms with Crippen LogP contribution >= 0.6 is 11.6 Å². The normalized spacial score (nSPS) is 10.6. The van der Waals surface area contributed by atoms with Crippen molar-refractivity contribution in [2.24, 2.45) is 0 Å². The predicted octanol–water partition coefficient (Wildman–Crippen LogP) is 3.94. The molecule has 1 aromatic heterocycles. The first kappa shape index (κ1) is 16.1. The number of nitrogens with zero attached hydrogens (tertiary/aromatic N) is 1. The van der Waals surface area contributed by atoms with Crippen molar-refractivity contribution in [1.82, 2.24) is 15.5 Å². The molecule has 0 aliphatic heterocycles. The van der Waals surface area contributed by atoms with E-state index in [9.17, 15) is 13.6 Å². The zero-order chi connectivity index (χ0) is 17.1. The highest BCUT2D eigenvalue weighted by molar-refractivity contribution is 6.30. The Morgan fingerprint density at radius 2 is 2.04 bits per heavy atom. The third-order valence-corrected chi connectivity index (χ3v) is 3.69. The lowest BCUT2D eigenvalue weighted by atomic mass is 10.1. The Hall–Kier alpha value is -2.73. The highest BCUT2D eigenvalue weighted by Gasteiger charge is 2.16. The maximum Gasteiger partial charge on any atom is 0.255 e. The van der Waals surface area contributed by atoms with Gasteiger partial charge in [-0.15, -0.1) is 0 Å². The van der Waals surface area contributed by atoms with Crippen molar-refractivity contribution < 1.29 is 13.6 Å². The smallest absolute Gasteiger partial charge is 0.255 e. The van der Waals surface area contributed by atoms with Gasteiger partial charge >= 0.3 is 0 Å². The molecule has 0 aliphatic carbocycles. The molecule has 0 saturated heterocycles. The number of amides is 1. The van der Waals surface area contributed by atoms with Gasteiger partial charge in [0.1, 0.15) is 11.6 Å². The van der Waals surface area contributed by atoms with Crippen molar-refractivity contribution in [1.29, 1.82) is 0 Å². The quantitative estimate of drug-likeness (QED) is 0.751. The molecule has 122 valence electrons. The number of hydrogen-bond donors (Lipinski definition) is 2. The van der Waals surface area contributed by atoms with Crippen molar-refractivity contribution in [2.75, 3.05) is 0 Å². The summed E-state index contributed by atoms with van der Waals surface area (Å²) in [6.45, 7) is -0.0644. The van der Waals surface area contributed by atoms with E-state index < -0.39 is 17.5 Å². The topological polar surface area (TPSA) is 57.8 Å². The molecule has 24 heavy (non-hydrogen) atoms. The molecule has 0 fully saturated rings. The Kier molecular flexibility index (Phi) is 4.57. The fourth-order valence-corrected chi connectivity index (χ4v) is 2.45. The first-order valence-electron chi connectivity index (χ1n) is 7.06. The standard InChI is InChI=1S/C17H12ClF2N3O/c18-12-3-1-2-10(6-12)16-14(9-22-23-16)17(24)21-8-11-4-5-13(19)7-15(11)20/h1-7,9H,8H2,(H,21,24)(H,22,23). The number of aromatic nitrogens is 2. The third kappa shape index (κ3) is 3.44. The van der Waals surface area contributed by atoms with Crippen LogP contribution in [0.15, 0.2) is 48.7 Å². The maximum atomic E-state index is 13.6. The number of benzene rings is 2. The number of carbonyl (C=O) groups is 1. The minimum atomic E-state index is -0.711. The molecule has 1 amide bonds. The van der Waals surface area contributed by atoms with Gasteiger partial charge in [-0.1, -0.05) is 29.8 Å². The molecule has 2 aromatic carbocycles. The summed E-state index contributed by atoms with van der Waals surface area (Å²) in [6.07, 6.45) is 1.38. The molecular weight excluding hydrogens is 336 g/mol. The molecule has 1 heterocycles. The Balaban J connectivity index is 1.78. The SMILES string of the molecule is O=C(NCc1ccc(F)cc1F)c1cn[nH]c1-c1cccc(Cl)c1. The zero-order valence-corrected chi connectivity index (χ0v) is 13.1. The number of H-pyrrole nitrogens is 1. The van der Waals surface area contributed by atoms with Crippen LogP contribution in [0.2, 0.25) is 5.02 Å². The van der Waals surface area contributed by atoms with Gasteiger partial charge in [0.25, 0.3) is 5.91 Å². The highest BCUT2D eigenvalue weighted by Crippen LogP contribution is 2.24. The van der Waals surface area contributed by atoms with Gasteiger partial charge in [0.15, 0.2) is 0 Å². The van der Waals surface area contributed by atoms with E-state index in [4.69, 9.17) is 11.6 Å². The molecule has 4 nitrogen and oxygen atoms in total. The van der Waals surface area contributed by atoms with E-state index >= 15 is 0 Å². The van der Waals surface area contributed by atoms with Gasteiger partial charge in [-0.2, -0.15) is 5.10 Å². The lowest BCUT2D eigenvalue weighted by Crippen LogP contribution is -2.23. The van der Waals surface area contributed by atoms with Crippen LogP contribution in [0.5, 0.6) is 0 Å². The van der Waals surface area contributed by atoms with Crippen molar-refractivity contribution in [2.45, 2.75) is 6.54 Å². The number of rotatable bonds is 4. The third-order valence-electron chi connectivity index (χ3n) is 3.45. The lowest BCUT2D eigenvalue weighted by molar-refractivity contribution is 0.0951. The first-order chi connectivity index (χ1) is 11.5. The first-order valence-corrected chi connectivity index (χ1v) is 7.44. The average Bonchev–Trinajstić information content (AvgIpc) is 3.03. The molecule has 0 spiro atoms. The summed E-state index contributed by atoms with van der Waals surface area (Å²) < 4.78 is 26.5. The lowest BCUT2D eigenvalue weighted by Gasteiger charge is -2.07. The summed E-state index contributed by atoms with van der Waals surface area (Å²) in [5.41, 5.74) is 1.71. The molecule has 2 N–H and O–H groups in total. The minimum absolute atomic E-state index is 0.0644. The second-order valence-electron chi connectivity index (χ2n) is 5.09. The summed E-state index contributed by atoms with van der Waals surface area (Å²) >= 11 is 5.96. The Labute approximate surface area is 141 Å². The van der Waals surface area contributed by atoms with Gasteiger partial charge in [0, 0.05) is 28.8 Å². The summed E-state index contributed by atoms with van der Waals surface area (Å²) in [5.74, 6) is -1.80. The molecule has 0 saturated carbocycles. The number of carbonyl (C=O) groups excluding carboxylic acids is 1. The van der Waals surface area contributed by atoms with Crippen molar-refractivity contribution in [3.05, 3.63) is 76.4 Å². The van der Waals surface area contributed by atoms with E-state index in [1.54, 1.807) is 24.3 Å². The zero-order valence-electron chi connectivity index (χ0n) is 12.3. The van der Waals surface area contributed by atoms with Crippen LogP contribution in [-0.4, -0.2) is 16.1 Å². The molecule has 0 unspecified atom stereocenters. The van der Waals surface area contributed by atoms with Gasteiger partial charge in [-0.3, -0.25) is 9.89 Å². The van der Waals surface area contributed by atoms with Gasteiger partial charge in [-0.05, 0) is 18.2 Å². The minimum Gasteiger partial charge on any atom is -0.348 e. The van der Waals surface area contributed by atoms with Crippen LogP contribution in [0.4, 0.5) is 8.78 Å². The highest BCUT2D eigenvalue weighted by atomic mass is 35.5. The molecule has 0 aliphatic rings. The maximum absolute atomic E-state index is 13.6. The van der Waals surface area contributed by atoms with Crippen LogP contribution in [0, 0.1) is 11.6 Å². The van der Waals surface area contributed by atoms with Gasteiger partial charge in [0.2, 0.25) is 0 Å². The summed E-state index contributed by atoms with van der Waals surface area (Å²) in [7, 11) is 0. The van der Waals surface area contributed by atoms with Gasteiger partial charge in [0.05, 0.1) is 17.5 Å². The average molecular weight is 348 g/mol. The Bertz CT molecular complexity index is 895. The van der Waals surface area contributed by atoms with E-state index in [1.165, 1.54) is 12.3 Å². The predicted molar refractivity (Wildman–Crippen MR) is 86.6 cm³/mol. The van der Waals surface area contributed by atoms with Crippen LogP contribution in [0.3, 0.4) is 0 Å². The second-order valence-corrected chi connectivity index (χ2v) is 5.52. The van der Waals surface area contributed by atoms with E-state index in [0.717, 1.165) is 12.1 Å². The van der Waals surface area contributed by atoms with E-state index in [-0.39, 0.29) is 12.1 Å². The molecule has 7 heteroatoms. The number of aromatic amines is 1. The van der Waals surface area contributed by atoms with Crippen LogP contribution in [0.1, 0.15) is 15.9 Å². The van der Waals surface area contributed by atoms with Gasteiger partial charge < -0.3 is 5.32 Å². The van der Waals surface area contributed by atoms with Gasteiger partial charge in [-0.25, -0.2) is 8.78 Å². The summed E-state index contributed by atoms with van der Waals surface area (Å²) in [6, 6.07) is 10.2. The second kappa shape index (κ2) is 6.80. The van der Waals surface area contributed by atoms with E-state index in [0.29, 0.717) is 21.8 Å². The summed E-state index contributed by atoms with van der Waals surface area (Å²) in [4.78, 5) is 12.3. The van der Waals surface area contributed by atoms with Crippen molar-refractivity contribution in [3.8, 4) is 11.3 Å². The fourth-order valence-electron chi connectivity index (χ4n) is 2.26. The van der Waals surface area contributed by atoms with Crippen LogP contribution < -0.4 is 5.32 Å². The van der Waals surface area contributed by atoms with E-state index in [2.05, 4.69) is 15.5 Å². The Morgan fingerprint density at radius 3 is 2.79 bits per heavy atom. The fraction of sp³-hybridized carbons (Fsp3) is 0.0588. The number of halogens is 3. The van der Waals surface area contributed by atoms with Crippen LogP contribution in [0.25, 0.3) is 11.3 Å². The molecular formula is C17H12ClF2N3O. The molecule has 3 aromatic rings. The number of nitrogens with one attached hydrogen (secondary N) is 2. The largest absolute Gasteiger partial charge is 0.348 e. The van der Waals surface area contributed by atoms with E-state index in [1.807, 2.05) is 0 Å². The van der Waals surface area contributed by atoms with Crippen LogP contribution in [-0.2, 0) is 6.54 Å². The molecule has 3 rings (SSSR count). The van der Waals surface area contributed by atoms with Crippen molar-refractivity contribution in [3.63, 3.8) is 0 Å². The summed E-state index contributed by atoms with van der Waals surface area (Å²) in [5, 5.41) is 9.76.